The zero-order valence-corrected chi connectivity index (χ0v) is 14.2. The minimum Gasteiger partial charge on any atom is -0.477 e. The molecule has 8 heteroatoms. The zero-order chi connectivity index (χ0) is 17.1. The molecule has 2 aromatic carbocycles. The normalized spacial score (nSPS) is 10.6. The molecule has 7 nitrogen and oxygen atoms in total. The zero-order valence-electron chi connectivity index (χ0n) is 12.6. The number of halogens is 1. The van der Waals surface area contributed by atoms with Crippen LogP contribution in [-0.2, 0) is 6.61 Å². The molecule has 0 saturated carbocycles. The summed E-state index contributed by atoms with van der Waals surface area (Å²) in [6.07, 6.45) is 0. The molecule has 1 heterocycles. The number of aryl methyl sites for hydroxylation is 1. The molecule has 0 aliphatic heterocycles. The van der Waals surface area contributed by atoms with Crippen molar-refractivity contribution in [3.8, 4) is 17.1 Å². The van der Waals surface area contributed by atoms with Crippen LogP contribution >= 0.6 is 15.9 Å². The molecule has 0 saturated heterocycles. The lowest BCUT2D eigenvalue weighted by atomic mass is 10.2. The van der Waals surface area contributed by atoms with Gasteiger partial charge in [-0.05, 0) is 30.7 Å². The molecule has 0 radical (unpaired) electrons. The minimum absolute atomic E-state index is 0.0507. The smallest absolute Gasteiger partial charge is 0.311 e. The van der Waals surface area contributed by atoms with E-state index in [0.29, 0.717) is 5.82 Å². The number of nitro benzene ring substituents is 1. The highest BCUT2D eigenvalue weighted by Crippen LogP contribution is 2.28. The van der Waals surface area contributed by atoms with Crippen molar-refractivity contribution in [2.24, 2.45) is 0 Å². The lowest BCUT2D eigenvalue weighted by Gasteiger charge is -2.04. The van der Waals surface area contributed by atoms with Crippen molar-refractivity contribution in [2.45, 2.75) is 13.5 Å². The van der Waals surface area contributed by atoms with Gasteiger partial charge in [0.1, 0.15) is 0 Å². The van der Waals surface area contributed by atoms with Crippen LogP contribution in [0.2, 0.25) is 0 Å². The van der Waals surface area contributed by atoms with Gasteiger partial charge in [-0.3, -0.25) is 10.1 Å². The van der Waals surface area contributed by atoms with Crippen molar-refractivity contribution >= 4 is 21.6 Å². The number of ether oxygens (including phenoxy) is 1. The van der Waals surface area contributed by atoms with Crippen molar-refractivity contribution in [1.82, 2.24) is 10.1 Å². The Labute approximate surface area is 145 Å². The highest BCUT2D eigenvalue weighted by molar-refractivity contribution is 9.10. The first-order valence-electron chi connectivity index (χ1n) is 6.99. The summed E-state index contributed by atoms with van der Waals surface area (Å²) in [5.74, 6) is 0.820. The predicted octanol–water partition coefficient (Wildman–Crippen LogP) is 4.29. The molecular formula is C16H12BrN3O4. The van der Waals surface area contributed by atoms with Crippen LogP contribution in [0.3, 0.4) is 0 Å². The summed E-state index contributed by atoms with van der Waals surface area (Å²) in [5.41, 5.74) is 1.48. The second-order valence-electron chi connectivity index (χ2n) is 5.04. The second-order valence-corrected chi connectivity index (χ2v) is 5.95. The average Bonchev–Trinajstić information content (AvgIpc) is 3.02. The summed E-state index contributed by atoms with van der Waals surface area (Å²) in [5, 5.41) is 15.0. The largest absolute Gasteiger partial charge is 0.477 e. The second kappa shape index (κ2) is 6.79. The van der Waals surface area contributed by atoms with E-state index in [1.54, 1.807) is 19.1 Å². The predicted molar refractivity (Wildman–Crippen MR) is 89.6 cm³/mol. The molecule has 0 aliphatic rings. The highest BCUT2D eigenvalue weighted by Gasteiger charge is 2.17. The maximum atomic E-state index is 11.1. The van der Waals surface area contributed by atoms with Gasteiger partial charge in [0.05, 0.1) is 4.92 Å². The minimum atomic E-state index is -0.483. The quantitative estimate of drug-likeness (QED) is 0.477. The van der Waals surface area contributed by atoms with E-state index < -0.39 is 4.92 Å². The van der Waals surface area contributed by atoms with Gasteiger partial charge in [-0.1, -0.05) is 39.3 Å². The number of hydrogen-bond acceptors (Lipinski definition) is 6. The van der Waals surface area contributed by atoms with Crippen LogP contribution in [0, 0.1) is 17.0 Å². The molecule has 3 rings (SSSR count). The van der Waals surface area contributed by atoms with Gasteiger partial charge in [0, 0.05) is 16.1 Å². The Morgan fingerprint density at radius 3 is 2.88 bits per heavy atom. The summed E-state index contributed by atoms with van der Waals surface area (Å²) in [7, 11) is 0. The van der Waals surface area contributed by atoms with Gasteiger partial charge >= 0.3 is 5.69 Å². The number of nitro groups is 1. The first-order valence-corrected chi connectivity index (χ1v) is 7.78. The fourth-order valence-electron chi connectivity index (χ4n) is 2.09. The van der Waals surface area contributed by atoms with Crippen molar-refractivity contribution in [2.75, 3.05) is 0 Å². The van der Waals surface area contributed by atoms with Crippen molar-refractivity contribution < 1.29 is 14.2 Å². The van der Waals surface area contributed by atoms with Gasteiger partial charge in [-0.25, -0.2) is 0 Å². The molecule has 0 aliphatic carbocycles. The van der Waals surface area contributed by atoms with Crippen LogP contribution in [0.15, 0.2) is 51.5 Å². The number of hydrogen-bond donors (Lipinski definition) is 0. The van der Waals surface area contributed by atoms with Crippen LogP contribution in [0.1, 0.15) is 11.5 Å². The van der Waals surface area contributed by atoms with Gasteiger partial charge in [-0.2, -0.15) is 4.98 Å². The third kappa shape index (κ3) is 3.60. The fourth-order valence-corrected chi connectivity index (χ4v) is 2.49. The SMILES string of the molecule is Cc1ccc(OCc2nc(-c3cccc(Br)c3)no2)c([N+](=O)[O-])c1. The lowest BCUT2D eigenvalue weighted by Crippen LogP contribution is -1.99. The van der Waals surface area contributed by atoms with E-state index in [4.69, 9.17) is 9.26 Å². The van der Waals surface area contributed by atoms with Crippen LogP contribution < -0.4 is 4.74 Å². The van der Waals surface area contributed by atoms with E-state index in [9.17, 15) is 10.1 Å². The Hall–Kier alpha value is -2.74. The van der Waals surface area contributed by atoms with Crippen LogP contribution in [0.25, 0.3) is 11.4 Å². The van der Waals surface area contributed by atoms with E-state index >= 15 is 0 Å². The highest BCUT2D eigenvalue weighted by atomic mass is 79.9. The number of benzene rings is 2. The van der Waals surface area contributed by atoms with E-state index in [-0.39, 0.29) is 23.9 Å². The van der Waals surface area contributed by atoms with Gasteiger partial charge in [0.25, 0.3) is 5.89 Å². The summed E-state index contributed by atoms with van der Waals surface area (Å²) < 4.78 is 11.5. The van der Waals surface area contributed by atoms with Gasteiger partial charge in [0.15, 0.2) is 12.4 Å². The maximum Gasteiger partial charge on any atom is 0.311 e. The lowest BCUT2D eigenvalue weighted by molar-refractivity contribution is -0.386. The molecule has 0 spiro atoms. The third-order valence-corrected chi connectivity index (χ3v) is 3.71. The number of rotatable bonds is 5. The van der Waals surface area contributed by atoms with E-state index in [0.717, 1.165) is 15.6 Å². The summed E-state index contributed by atoms with van der Waals surface area (Å²) >= 11 is 3.38. The van der Waals surface area contributed by atoms with E-state index in [2.05, 4.69) is 26.1 Å². The van der Waals surface area contributed by atoms with Crippen molar-refractivity contribution in [3.63, 3.8) is 0 Å². The first-order chi connectivity index (χ1) is 11.5. The first kappa shape index (κ1) is 16.1. The standard InChI is InChI=1S/C16H12BrN3O4/c1-10-5-6-14(13(7-10)20(21)22)23-9-15-18-16(19-24-15)11-3-2-4-12(17)8-11/h2-8H,9H2,1H3. The molecule has 0 bridgehead atoms. The fraction of sp³-hybridized carbons (Fsp3) is 0.125. The molecule has 1 aromatic heterocycles. The van der Waals surface area contributed by atoms with Gasteiger partial charge in [0.2, 0.25) is 5.82 Å². The molecule has 0 amide bonds. The molecule has 3 aromatic rings. The maximum absolute atomic E-state index is 11.1. The molecule has 24 heavy (non-hydrogen) atoms. The van der Waals surface area contributed by atoms with Crippen molar-refractivity contribution in [3.05, 3.63) is 68.5 Å². The van der Waals surface area contributed by atoms with Crippen LogP contribution in [0.5, 0.6) is 5.75 Å². The topological polar surface area (TPSA) is 91.3 Å². The summed E-state index contributed by atoms with van der Waals surface area (Å²) in [4.78, 5) is 14.8. The molecule has 0 atom stereocenters. The monoisotopic (exact) mass is 389 g/mol. The molecule has 122 valence electrons. The Bertz CT molecular complexity index is 895. The van der Waals surface area contributed by atoms with E-state index in [1.807, 2.05) is 24.3 Å². The number of nitrogens with zero attached hydrogens (tertiary/aromatic N) is 3. The van der Waals surface area contributed by atoms with Gasteiger partial charge in [-0.15, -0.1) is 0 Å². The Balaban J connectivity index is 1.76. The molecule has 0 unspecified atom stereocenters. The Morgan fingerprint density at radius 1 is 1.29 bits per heavy atom. The molecule has 0 fully saturated rings. The Morgan fingerprint density at radius 2 is 2.12 bits per heavy atom. The third-order valence-electron chi connectivity index (χ3n) is 3.21. The van der Waals surface area contributed by atoms with Gasteiger partial charge < -0.3 is 9.26 Å². The summed E-state index contributed by atoms with van der Waals surface area (Å²) in [6.45, 7) is 1.73. The van der Waals surface area contributed by atoms with Crippen LogP contribution in [0.4, 0.5) is 5.69 Å². The number of aromatic nitrogens is 2. The molecular weight excluding hydrogens is 378 g/mol. The van der Waals surface area contributed by atoms with E-state index in [1.165, 1.54) is 6.07 Å². The summed E-state index contributed by atoms with van der Waals surface area (Å²) in [6, 6.07) is 12.2. The average molecular weight is 390 g/mol. The Kier molecular flexibility index (Phi) is 4.57. The van der Waals surface area contributed by atoms with Crippen molar-refractivity contribution in [1.29, 1.82) is 0 Å². The van der Waals surface area contributed by atoms with Crippen LogP contribution in [-0.4, -0.2) is 15.1 Å². The molecule has 0 N–H and O–H groups in total.